The maximum absolute atomic E-state index is 13.1. The summed E-state index contributed by atoms with van der Waals surface area (Å²) >= 11 is 0. The Kier molecular flexibility index (Phi) is 4.18. The van der Waals surface area contributed by atoms with E-state index >= 15 is 0 Å². The van der Waals surface area contributed by atoms with Gasteiger partial charge in [-0.1, -0.05) is 5.21 Å². The van der Waals surface area contributed by atoms with Gasteiger partial charge in [-0.05, 0) is 6.07 Å². The van der Waals surface area contributed by atoms with Gasteiger partial charge in [-0.2, -0.15) is 0 Å². The Morgan fingerprint density at radius 1 is 1.52 bits per heavy atom. The molecule has 0 radical (unpaired) electrons. The van der Waals surface area contributed by atoms with E-state index in [0.29, 0.717) is 5.69 Å². The third-order valence-corrected chi connectivity index (χ3v) is 2.53. The Balaban J connectivity index is 2.12. The van der Waals surface area contributed by atoms with Crippen LogP contribution in [0.15, 0.2) is 24.4 Å². The van der Waals surface area contributed by atoms with Crippen molar-refractivity contribution in [2.24, 2.45) is 5.73 Å². The van der Waals surface area contributed by atoms with Crippen LogP contribution in [0, 0.1) is 15.9 Å². The number of amides is 1. The molecule has 0 fully saturated rings. The van der Waals surface area contributed by atoms with Crippen LogP contribution in [0.5, 0.6) is 0 Å². The Hall–Kier alpha value is -2.88. The average Bonchev–Trinajstić information content (AvgIpc) is 2.85. The van der Waals surface area contributed by atoms with Crippen molar-refractivity contribution in [3.8, 4) is 0 Å². The van der Waals surface area contributed by atoms with E-state index in [-0.39, 0.29) is 18.8 Å². The maximum Gasteiger partial charge on any atom is 0.292 e. The highest BCUT2D eigenvalue weighted by Crippen LogP contribution is 2.24. The smallest absolute Gasteiger partial charge is 0.292 e. The molecule has 1 heterocycles. The molecule has 1 amide bonds. The van der Waals surface area contributed by atoms with Crippen LogP contribution in [-0.4, -0.2) is 25.8 Å². The fourth-order valence-corrected chi connectivity index (χ4v) is 1.61. The number of carbonyl (C=O) groups is 1. The second kappa shape index (κ2) is 6.05. The summed E-state index contributed by atoms with van der Waals surface area (Å²) in [6.45, 7) is -0.0440. The van der Waals surface area contributed by atoms with Gasteiger partial charge in [0.05, 0.1) is 16.8 Å². The first-order valence-corrected chi connectivity index (χ1v) is 5.82. The van der Waals surface area contributed by atoms with Gasteiger partial charge >= 0.3 is 0 Å². The summed E-state index contributed by atoms with van der Waals surface area (Å²) in [5, 5.41) is 20.4. The minimum Gasteiger partial charge on any atom is -0.325 e. The quantitative estimate of drug-likeness (QED) is 0.607. The molecule has 21 heavy (non-hydrogen) atoms. The number of nitrogens with two attached hydrogens (primary N) is 1. The Morgan fingerprint density at radius 2 is 2.29 bits per heavy atom. The van der Waals surface area contributed by atoms with Gasteiger partial charge in [0.1, 0.15) is 18.0 Å². The second-order valence-corrected chi connectivity index (χ2v) is 4.08. The van der Waals surface area contributed by atoms with Crippen molar-refractivity contribution < 1.29 is 14.1 Å². The predicted molar refractivity (Wildman–Crippen MR) is 69.6 cm³/mol. The van der Waals surface area contributed by atoms with Crippen LogP contribution in [0.4, 0.5) is 15.8 Å². The molecule has 0 unspecified atom stereocenters. The molecule has 1 aromatic carbocycles. The van der Waals surface area contributed by atoms with E-state index in [1.807, 2.05) is 0 Å². The van der Waals surface area contributed by atoms with Gasteiger partial charge in [0, 0.05) is 18.7 Å². The van der Waals surface area contributed by atoms with E-state index < -0.39 is 22.3 Å². The van der Waals surface area contributed by atoms with Crippen molar-refractivity contribution in [1.82, 2.24) is 15.0 Å². The molecular formula is C11H11FN6O3. The van der Waals surface area contributed by atoms with Crippen molar-refractivity contribution in [3.63, 3.8) is 0 Å². The van der Waals surface area contributed by atoms with E-state index in [4.69, 9.17) is 5.73 Å². The highest BCUT2D eigenvalue weighted by Gasteiger charge is 2.17. The number of rotatable bonds is 5. The number of benzene rings is 1. The van der Waals surface area contributed by atoms with Crippen LogP contribution in [0.2, 0.25) is 0 Å². The lowest BCUT2D eigenvalue weighted by atomic mass is 10.2. The molecule has 10 heteroatoms. The van der Waals surface area contributed by atoms with Gasteiger partial charge in [-0.15, -0.1) is 5.10 Å². The van der Waals surface area contributed by atoms with E-state index in [0.717, 1.165) is 18.2 Å². The van der Waals surface area contributed by atoms with Crippen LogP contribution < -0.4 is 11.1 Å². The predicted octanol–water partition coefficient (Wildman–Crippen LogP) is 0.423. The topological polar surface area (TPSA) is 129 Å². The van der Waals surface area contributed by atoms with Crippen molar-refractivity contribution >= 4 is 17.3 Å². The molecule has 2 aromatic rings. The average molecular weight is 294 g/mol. The molecule has 0 spiro atoms. The molecule has 0 atom stereocenters. The molecule has 0 aliphatic rings. The lowest BCUT2D eigenvalue weighted by Crippen LogP contribution is -2.20. The number of nitrogens with one attached hydrogen (secondary N) is 1. The number of aromatic nitrogens is 3. The zero-order valence-corrected chi connectivity index (χ0v) is 10.7. The highest BCUT2D eigenvalue weighted by molar-refractivity contribution is 5.92. The molecule has 110 valence electrons. The van der Waals surface area contributed by atoms with Crippen molar-refractivity contribution in [1.29, 1.82) is 0 Å². The zero-order valence-electron chi connectivity index (χ0n) is 10.7. The summed E-state index contributed by atoms with van der Waals surface area (Å²) in [4.78, 5) is 21.9. The van der Waals surface area contributed by atoms with E-state index in [9.17, 15) is 19.3 Å². The molecule has 9 nitrogen and oxygen atoms in total. The first-order chi connectivity index (χ1) is 9.99. The molecule has 0 saturated carbocycles. The minimum atomic E-state index is -0.711. The van der Waals surface area contributed by atoms with E-state index in [1.54, 1.807) is 0 Å². The number of carbonyl (C=O) groups excluding carboxylic acids is 1. The molecular weight excluding hydrogens is 283 g/mol. The molecule has 3 N–H and O–H groups in total. The number of anilines is 1. The van der Waals surface area contributed by atoms with Crippen LogP contribution in [0.1, 0.15) is 5.69 Å². The summed E-state index contributed by atoms with van der Waals surface area (Å²) in [6, 6.07) is 2.80. The lowest BCUT2D eigenvalue weighted by molar-refractivity contribution is -0.384. The Labute approximate surface area is 117 Å². The number of hydrogen-bond acceptors (Lipinski definition) is 6. The summed E-state index contributed by atoms with van der Waals surface area (Å²) in [5.74, 6) is -1.29. The fraction of sp³-hybridized carbons (Fsp3) is 0.182. The molecule has 0 aliphatic heterocycles. The third kappa shape index (κ3) is 3.57. The van der Waals surface area contributed by atoms with Crippen LogP contribution in [0.3, 0.4) is 0 Å². The van der Waals surface area contributed by atoms with Gasteiger partial charge in [-0.3, -0.25) is 14.9 Å². The van der Waals surface area contributed by atoms with Crippen LogP contribution in [-0.2, 0) is 17.9 Å². The fourth-order valence-electron chi connectivity index (χ4n) is 1.61. The van der Waals surface area contributed by atoms with Crippen LogP contribution in [0.25, 0.3) is 0 Å². The Bertz CT molecular complexity index is 686. The number of nitrogens with zero attached hydrogens (tertiary/aromatic N) is 4. The minimum absolute atomic E-state index is 0.178. The molecule has 0 bridgehead atoms. The standard InChI is InChI=1S/C11H11FN6O3/c12-7-1-2-10(18(20)21)9(3-7)14-11(19)6-17-5-8(4-13)15-16-17/h1-3,5H,4,6,13H2,(H,14,19). The first kappa shape index (κ1) is 14.5. The van der Waals surface area contributed by atoms with Gasteiger partial charge in [0.25, 0.3) is 5.69 Å². The summed E-state index contributed by atoms with van der Waals surface area (Å²) in [5.41, 5.74) is 5.24. The van der Waals surface area contributed by atoms with E-state index in [1.165, 1.54) is 10.9 Å². The summed E-state index contributed by atoms with van der Waals surface area (Å²) in [7, 11) is 0. The van der Waals surface area contributed by atoms with Crippen LogP contribution >= 0.6 is 0 Å². The third-order valence-electron chi connectivity index (χ3n) is 2.53. The van der Waals surface area contributed by atoms with Gasteiger partial charge in [0.15, 0.2) is 0 Å². The number of nitro groups is 1. The molecule has 0 aliphatic carbocycles. The summed E-state index contributed by atoms with van der Waals surface area (Å²) < 4.78 is 14.3. The normalized spacial score (nSPS) is 10.4. The van der Waals surface area contributed by atoms with Gasteiger partial charge in [0.2, 0.25) is 5.91 Å². The molecule has 1 aromatic heterocycles. The maximum atomic E-state index is 13.1. The van der Waals surface area contributed by atoms with Gasteiger partial charge in [-0.25, -0.2) is 9.07 Å². The first-order valence-electron chi connectivity index (χ1n) is 5.82. The number of halogens is 1. The molecule has 0 saturated heterocycles. The van der Waals surface area contributed by atoms with Crippen molar-refractivity contribution in [2.45, 2.75) is 13.1 Å². The Morgan fingerprint density at radius 3 is 2.90 bits per heavy atom. The van der Waals surface area contributed by atoms with Crippen molar-refractivity contribution in [3.05, 3.63) is 46.0 Å². The van der Waals surface area contributed by atoms with E-state index in [2.05, 4.69) is 15.6 Å². The number of nitro benzene ring substituents is 1. The van der Waals surface area contributed by atoms with Gasteiger partial charge < -0.3 is 11.1 Å². The zero-order chi connectivity index (χ0) is 15.4. The lowest BCUT2D eigenvalue weighted by Gasteiger charge is -2.05. The largest absolute Gasteiger partial charge is 0.325 e. The van der Waals surface area contributed by atoms with Crippen molar-refractivity contribution in [2.75, 3.05) is 5.32 Å². The molecule has 2 rings (SSSR count). The monoisotopic (exact) mass is 294 g/mol. The number of hydrogen-bond donors (Lipinski definition) is 2. The highest BCUT2D eigenvalue weighted by atomic mass is 19.1. The summed E-state index contributed by atoms with van der Waals surface area (Å²) in [6.07, 6.45) is 1.47. The SMILES string of the molecule is NCc1cn(CC(=O)Nc2cc(F)ccc2[N+](=O)[O-])nn1. The second-order valence-electron chi connectivity index (χ2n) is 4.08.